The van der Waals surface area contributed by atoms with Gasteiger partial charge in [0.05, 0.1) is 16.2 Å². The molecule has 0 aliphatic carbocycles. The summed E-state index contributed by atoms with van der Waals surface area (Å²) in [5, 5.41) is 13.1. The molecule has 1 aromatic heterocycles. The van der Waals surface area contributed by atoms with Gasteiger partial charge in [0.15, 0.2) is 9.84 Å². The zero-order valence-electron chi connectivity index (χ0n) is 12.5. The number of H-pyrrole nitrogens is 1. The molecule has 130 valence electrons. The number of aromatic nitrogens is 4. The fourth-order valence-corrected chi connectivity index (χ4v) is 3.74. The Balaban J connectivity index is 1.98. The first-order valence-corrected chi connectivity index (χ1v) is 8.64. The molecular weight excluding hydrogens is 357 g/mol. The third-order valence-electron chi connectivity index (χ3n) is 3.46. The number of rotatable bonds is 4. The van der Waals surface area contributed by atoms with Crippen molar-refractivity contribution in [3.05, 3.63) is 59.7 Å². The molecule has 0 aliphatic rings. The Kier molecular flexibility index (Phi) is 4.29. The molecule has 1 N–H and O–H groups in total. The van der Waals surface area contributed by atoms with Crippen molar-refractivity contribution in [2.45, 2.75) is 16.8 Å². The Bertz CT molecular complexity index is 986. The quantitative estimate of drug-likeness (QED) is 0.765. The maximum absolute atomic E-state index is 13.1. The van der Waals surface area contributed by atoms with Crippen molar-refractivity contribution in [1.82, 2.24) is 20.6 Å². The van der Waals surface area contributed by atoms with E-state index in [1.807, 2.05) is 0 Å². The molecule has 1 heterocycles. The van der Waals surface area contributed by atoms with Crippen LogP contribution in [0.15, 0.2) is 53.4 Å². The van der Waals surface area contributed by atoms with E-state index < -0.39 is 27.3 Å². The topological polar surface area (TPSA) is 88.6 Å². The highest BCUT2D eigenvalue weighted by Crippen LogP contribution is 2.33. The lowest BCUT2D eigenvalue weighted by Crippen LogP contribution is -2.13. The van der Waals surface area contributed by atoms with Crippen LogP contribution in [0.2, 0.25) is 0 Å². The van der Waals surface area contributed by atoms with Crippen molar-refractivity contribution in [2.75, 3.05) is 0 Å². The van der Waals surface area contributed by atoms with Crippen LogP contribution in [0.25, 0.3) is 11.4 Å². The SMILES string of the molecule is O=S(=O)(Cc1ccccc1C(F)(F)F)c1cccc(-c2nn[nH]n2)c1. The second-order valence-electron chi connectivity index (χ2n) is 5.18. The molecule has 3 aromatic rings. The summed E-state index contributed by atoms with van der Waals surface area (Å²) in [4.78, 5) is -0.119. The van der Waals surface area contributed by atoms with Gasteiger partial charge in [-0.3, -0.25) is 0 Å². The van der Waals surface area contributed by atoms with Crippen molar-refractivity contribution >= 4 is 9.84 Å². The Morgan fingerprint density at radius 3 is 2.48 bits per heavy atom. The number of nitrogens with zero attached hydrogens (tertiary/aromatic N) is 3. The fraction of sp³-hybridized carbons (Fsp3) is 0.133. The fourth-order valence-electron chi connectivity index (χ4n) is 2.32. The highest BCUT2D eigenvalue weighted by atomic mass is 32.2. The summed E-state index contributed by atoms with van der Waals surface area (Å²) in [5.41, 5.74) is -0.883. The van der Waals surface area contributed by atoms with Crippen molar-refractivity contribution in [3.8, 4) is 11.4 Å². The van der Waals surface area contributed by atoms with Crippen LogP contribution in [0.4, 0.5) is 13.2 Å². The maximum atomic E-state index is 13.1. The normalized spacial score (nSPS) is 12.3. The molecule has 0 radical (unpaired) electrons. The van der Waals surface area contributed by atoms with Gasteiger partial charge in [-0.2, -0.15) is 18.4 Å². The monoisotopic (exact) mass is 368 g/mol. The smallest absolute Gasteiger partial charge is 0.223 e. The summed E-state index contributed by atoms with van der Waals surface area (Å²) in [6, 6.07) is 10.3. The molecule has 10 heteroatoms. The number of nitrogens with one attached hydrogen (secondary N) is 1. The Labute approximate surface area is 140 Å². The van der Waals surface area contributed by atoms with Gasteiger partial charge in [-0.15, -0.1) is 10.2 Å². The van der Waals surface area contributed by atoms with Gasteiger partial charge in [0, 0.05) is 5.56 Å². The minimum Gasteiger partial charge on any atom is -0.223 e. The van der Waals surface area contributed by atoms with Gasteiger partial charge in [-0.1, -0.05) is 30.3 Å². The van der Waals surface area contributed by atoms with Crippen molar-refractivity contribution in [3.63, 3.8) is 0 Å². The first-order chi connectivity index (χ1) is 11.8. The summed E-state index contributed by atoms with van der Waals surface area (Å²) < 4.78 is 64.3. The van der Waals surface area contributed by atoms with Gasteiger partial charge in [-0.25, -0.2) is 8.42 Å². The van der Waals surface area contributed by atoms with Crippen LogP contribution in [-0.2, 0) is 21.8 Å². The largest absolute Gasteiger partial charge is 0.416 e. The van der Waals surface area contributed by atoms with E-state index in [0.29, 0.717) is 5.56 Å². The highest BCUT2D eigenvalue weighted by molar-refractivity contribution is 7.90. The molecule has 3 rings (SSSR count). The first-order valence-electron chi connectivity index (χ1n) is 6.99. The third kappa shape index (κ3) is 3.68. The van der Waals surface area contributed by atoms with E-state index in [1.54, 1.807) is 6.07 Å². The average molecular weight is 368 g/mol. The molecule has 0 spiro atoms. The van der Waals surface area contributed by atoms with Crippen LogP contribution in [0.1, 0.15) is 11.1 Å². The number of sulfone groups is 1. The second kappa shape index (κ2) is 6.28. The number of tetrazole rings is 1. The molecule has 0 bridgehead atoms. The van der Waals surface area contributed by atoms with Crippen molar-refractivity contribution in [2.24, 2.45) is 0 Å². The minimum absolute atomic E-state index is 0.119. The molecule has 0 saturated carbocycles. The summed E-state index contributed by atoms with van der Waals surface area (Å²) in [5.74, 6) is -0.578. The van der Waals surface area contributed by atoms with Crippen LogP contribution in [-0.4, -0.2) is 29.0 Å². The summed E-state index contributed by atoms with van der Waals surface area (Å²) in [6.07, 6.45) is -4.63. The first kappa shape index (κ1) is 17.1. The van der Waals surface area contributed by atoms with Gasteiger partial charge in [0.25, 0.3) is 0 Å². The number of aromatic amines is 1. The maximum Gasteiger partial charge on any atom is 0.416 e. The highest BCUT2D eigenvalue weighted by Gasteiger charge is 2.34. The van der Waals surface area contributed by atoms with E-state index in [-0.39, 0.29) is 16.3 Å². The van der Waals surface area contributed by atoms with Gasteiger partial charge in [0.1, 0.15) is 0 Å². The van der Waals surface area contributed by atoms with Gasteiger partial charge >= 0.3 is 6.18 Å². The summed E-state index contributed by atoms with van der Waals surface area (Å²) in [7, 11) is -4.00. The molecule has 0 atom stereocenters. The molecule has 25 heavy (non-hydrogen) atoms. The van der Waals surface area contributed by atoms with Gasteiger partial charge < -0.3 is 0 Å². The average Bonchev–Trinajstić information content (AvgIpc) is 3.09. The van der Waals surface area contributed by atoms with E-state index in [0.717, 1.165) is 12.1 Å². The summed E-state index contributed by atoms with van der Waals surface area (Å²) >= 11 is 0. The molecule has 2 aromatic carbocycles. The third-order valence-corrected chi connectivity index (χ3v) is 5.13. The van der Waals surface area contributed by atoms with E-state index in [1.165, 1.54) is 30.3 Å². The molecule has 0 amide bonds. The number of hydrogen-bond donors (Lipinski definition) is 1. The van der Waals surface area contributed by atoms with E-state index in [4.69, 9.17) is 0 Å². The number of alkyl halides is 3. The van der Waals surface area contributed by atoms with Crippen LogP contribution >= 0.6 is 0 Å². The lowest BCUT2D eigenvalue weighted by Gasteiger charge is -2.13. The van der Waals surface area contributed by atoms with Crippen LogP contribution in [0.5, 0.6) is 0 Å². The van der Waals surface area contributed by atoms with E-state index in [2.05, 4.69) is 20.6 Å². The predicted octanol–water partition coefficient (Wildman–Crippen LogP) is 2.86. The number of hydrogen-bond acceptors (Lipinski definition) is 5. The lowest BCUT2D eigenvalue weighted by molar-refractivity contribution is -0.138. The molecule has 0 unspecified atom stereocenters. The molecule has 0 aliphatic heterocycles. The van der Waals surface area contributed by atoms with Crippen LogP contribution in [0, 0.1) is 0 Å². The number of halogens is 3. The lowest BCUT2D eigenvalue weighted by atomic mass is 10.1. The Hall–Kier alpha value is -2.75. The molecule has 0 saturated heterocycles. The zero-order chi connectivity index (χ0) is 18.1. The van der Waals surface area contributed by atoms with Crippen LogP contribution in [0.3, 0.4) is 0 Å². The summed E-state index contributed by atoms with van der Waals surface area (Å²) in [6.45, 7) is 0. The number of benzene rings is 2. The minimum atomic E-state index is -4.63. The van der Waals surface area contributed by atoms with E-state index >= 15 is 0 Å². The second-order valence-corrected chi connectivity index (χ2v) is 7.17. The van der Waals surface area contributed by atoms with E-state index in [9.17, 15) is 21.6 Å². The van der Waals surface area contributed by atoms with Gasteiger partial charge in [0.2, 0.25) is 5.82 Å². The molecule has 6 nitrogen and oxygen atoms in total. The Morgan fingerprint density at radius 1 is 1.04 bits per heavy atom. The van der Waals surface area contributed by atoms with Gasteiger partial charge in [-0.05, 0) is 29.0 Å². The Morgan fingerprint density at radius 2 is 1.80 bits per heavy atom. The zero-order valence-corrected chi connectivity index (χ0v) is 13.3. The van der Waals surface area contributed by atoms with Crippen LogP contribution < -0.4 is 0 Å². The predicted molar refractivity (Wildman–Crippen MR) is 81.9 cm³/mol. The van der Waals surface area contributed by atoms with Crippen molar-refractivity contribution in [1.29, 1.82) is 0 Å². The standard InChI is InChI=1S/C15H11F3N4O2S/c16-15(17,18)13-7-2-1-4-11(13)9-25(23,24)12-6-3-5-10(8-12)14-19-21-22-20-14/h1-8H,9H2,(H,19,20,21,22). The molecule has 0 fully saturated rings. The van der Waals surface area contributed by atoms with Crippen molar-refractivity contribution < 1.29 is 21.6 Å². The molecular formula is C15H11F3N4O2S.